The van der Waals surface area contributed by atoms with E-state index in [-0.39, 0.29) is 5.91 Å². The summed E-state index contributed by atoms with van der Waals surface area (Å²) in [5, 5.41) is 13.5. The molecule has 0 bridgehead atoms. The first-order valence-corrected chi connectivity index (χ1v) is 12.1. The second kappa shape index (κ2) is 11.9. The third-order valence-electron chi connectivity index (χ3n) is 6.12. The molecule has 208 valence electrons. The van der Waals surface area contributed by atoms with Crippen LogP contribution in [0.25, 0.3) is 11.3 Å². The van der Waals surface area contributed by atoms with Crippen molar-refractivity contribution in [1.29, 1.82) is 0 Å². The van der Waals surface area contributed by atoms with E-state index in [0.717, 1.165) is 48.8 Å². The molecule has 0 unspecified atom stereocenters. The summed E-state index contributed by atoms with van der Waals surface area (Å²) in [4.78, 5) is 35.8. The number of nitrogens with one attached hydrogen (secondary N) is 2. The maximum absolute atomic E-state index is 13.0. The maximum atomic E-state index is 13.0. The molecule has 3 aromatic rings. The van der Waals surface area contributed by atoms with Crippen LogP contribution in [0.3, 0.4) is 0 Å². The first kappa shape index (κ1) is 28.2. The minimum absolute atomic E-state index is 0.233. The second-order valence-corrected chi connectivity index (χ2v) is 8.77. The number of hydrogen-bond donors (Lipinski definition) is 4. The molecule has 2 aliphatic rings. The fourth-order valence-electron chi connectivity index (χ4n) is 4.18. The molecule has 0 spiro atoms. The van der Waals surface area contributed by atoms with Crippen LogP contribution in [0.2, 0.25) is 0 Å². The fourth-order valence-corrected chi connectivity index (χ4v) is 4.18. The summed E-state index contributed by atoms with van der Waals surface area (Å²) >= 11 is 0. The number of hydrogen-bond acceptors (Lipinski definition) is 6. The largest absolute Gasteiger partial charge is 0.490 e. The Kier molecular flexibility index (Phi) is 8.39. The molecule has 2 amide bonds. The van der Waals surface area contributed by atoms with Crippen molar-refractivity contribution in [3.63, 3.8) is 0 Å². The van der Waals surface area contributed by atoms with Crippen molar-refractivity contribution in [3.8, 4) is 0 Å². The number of benzene rings is 3. The first-order chi connectivity index (χ1) is 19.0. The average Bonchev–Trinajstić information content (AvgIpc) is 3.27. The zero-order chi connectivity index (χ0) is 28.9. The lowest BCUT2D eigenvalue weighted by atomic mass is 9.99. The van der Waals surface area contributed by atoms with Crippen molar-refractivity contribution in [3.05, 3.63) is 89.5 Å². The van der Waals surface area contributed by atoms with Crippen LogP contribution in [0.1, 0.15) is 21.5 Å². The molecule has 9 nitrogen and oxygen atoms in total. The summed E-state index contributed by atoms with van der Waals surface area (Å²) in [6.07, 6.45) is -5.08. The fraction of sp³-hybridized carbons (Fsp3) is 0.179. The number of aliphatic carboxylic acids is 1. The average molecular weight is 555 g/mol. The molecule has 3 aromatic carbocycles. The van der Waals surface area contributed by atoms with Crippen molar-refractivity contribution in [2.75, 3.05) is 41.8 Å². The molecule has 1 fully saturated rings. The molecule has 2 heterocycles. The van der Waals surface area contributed by atoms with Crippen LogP contribution in [0, 0.1) is 0 Å². The number of amides is 2. The molecule has 1 saturated heterocycles. The quantitative estimate of drug-likeness (QED) is 0.348. The highest BCUT2D eigenvalue weighted by Crippen LogP contribution is 2.38. The number of carbonyl (C=O) groups is 3. The van der Waals surface area contributed by atoms with Crippen LogP contribution < -0.4 is 21.3 Å². The zero-order valence-corrected chi connectivity index (χ0v) is 21.0. The van der Waals surface area contributed by atoms with Gasteiger partial charge in [-0.25, -0.2) is 4.79 Å². The predicted octanol–water partition coefficient (Wildman–Crippen LogP) is 4.19. The number of alkyl halides is 3. The number of nitrogens with zero attached hydrogens (tertiary/aromatic N) is 1. The smallest absolute Gasteiger partial charge is 0.475 e. The van der Waals surface area contributed by atoms with E-state index in [0.29, 0.717) is 22.5 Å². The molecule has 0 radical (unpaired) electrons. The van der Waals surface area contributed by atoms with Crippen molar-refractivity contribution >= 4 is 46.1 Å². The number of primary amides is 1. The highest BCUT2D eigenvalue weighted by molar-refractivity contribution is 6.37. The third-order valence-corrected chi connectivity index (χ3v) is 6.12. The number of rotatable bonds is 5. The van der Waals surface area contributed by atoms with Gasteiger partial charge in [-0.05, 0) is 42.0 Å². The SMILES string of the molecule is NC(=O)c1ccc2c(c1)NC(=O)C2=C(Nc1ccc(N2CCOCC2)cc1)c1ccccc1.O=C(O)C(F)(F)F. The lowest BCUT2D eigenvalue weighted by Gasteiger charge is -2.29. The van der Waals surface area contributed by atoms with Gasteiger partial charge < -0.3 is 31.1 Å². The van der Waals surface area contributed by atoms with Crippen LogP contribution in [-0.4, -0.2) is 55.4 Å². The van der Waals surface area contributed by atoms with Crippen LogP contribution >= 0.6 is 0 Å². The summed E-state index contributed by atoms with van der Waals surface area (Å²) in [6, 6.07) is 22.9. The number of halogens is 3. The molecule has 2 aliphatic heterocycles. The van der Waals surface area contributed by atoms with Gasteiger partial charge >= 0.3 is 12.1 Å². The Morgan fingerprint density at radius 3 is 2.15 bits per heavy atom. The van der Waals surface area contributed by atoms with Crippen LogP contribution in [0.4, 0.5) is 30.2 Å². The van der Waals surface area contributed by atoms with Gasteiger partial charge in [-0.15, -0.1) is 0 Å². The van der Waals surface area contributed by atoms with Gasteiger partial charge in [0.2, 0.25) is 5.91 Å². The summed E-state index contributed by atoms with van der Waals surface area (Å²) in [6.45, 7) is 3.21. The molecule has 40 heavy (non-hydrogen) atoms. The monoisotopic (exact) mass is 554 g/mol. The number of anilines is 3. The van der Waals surface area contributed by atoms with Gasteiger partial charge in [0.15, 0.2) is 0 Å². The lowest BCUT2D eigenvalue weighted by molar-refractivity contribution is -0.192. The summed E-state index contributed by atoms with van der Waals surface area (Å²) in [5.74, 6) is -3.53. The second-order valence-electron chi connectivity index (χ2n) is 8.77. The molecule has 0 aromatic heterocycles. The summed E-state index contributed by atoms with van der Waals surface area (Å²) < 4.78 is 37.2. The Morgan fingerprint density at radius 2 is 1.57 bits per heavy atom. The van der Waals surface area contributed by atoms with Crippen molar-refractivity contribution < 1.29 is 37.4 Å². The number of carboxylic acids is 1. The van der Waals surface area contributed by atoms with Crippen molar-refractivity contribution in [2.24, 2.45) is 5.73 Å². The molecule has 0 atom stereocenters. The topological polar surface area (TPSA) is 134 Å². The van der Waals surface area contributed by atoms with E-state index in [9.17, 15) is 22.8 Å². The maximum Gasteiger partial charge on any atom is 0.490 e. The number of carbonyl (C=O) groups excluding carboxylic acids is 2. The van der Waals surface area contributed by atoms with E-state index in [1.807, 2.05) is 42.5 Å². The summed E-state index contributed by atoms with van der Waals surface area (Å²) in [5.41, 5.74) is 11.2. The Morgan fingerprint density at radius 1 is 0.950 bits per heavy atom. The number of nitrogens with two attached hydrogens (primary N) is 1. The minimum Gasteiger partial charge on any atom is -0.475 e. The van der Waals surface area contributed by atoms with E-state index in [1.165, 1.54) is 0 Å². The lowest BCUT2D eigenvalue weighted by Crippen LogP contribution is -2.36. The van der Waals surface area contributed by atoms with Gasteiger partial charge in [-0.2, -0.15) is 13.2 Å². The van der Waals surface area contributed by atoms with E-state index in [1.54, 1.807) is 18.2 Å². The number of fused-ring (bicyclic) bond motifs is 1. The third kappa shape index (κ3) is 6.59. The van der Waals surface area contributed by atoms with Gasteiger partial charge in [0, 0.05) is 41.3 Å². The van der Waals surface area contributed by atoms with Gasteiger partial charge in [0.25, 0.3) is 5.91 Å². The van der Waals surface area contributed by atoms with E-state index in [4.69, 9.17) is 20.4 Å². The first-order valence-electron chi connectivity index (χ1n) is 12.1. The zero-order valence-electron chi connectivity index (χ0n) is 21.0. The molecule has 12 heteroatoms. The van der Waals surface area contributed by atoms with Crippen molar-refractivity contribution in [1.82, 2.24) is 0 Å². The highest BCUT2D eigenvalue weighted by atomic mass is 19.4. The normalized spacial score (nSPS) is 15.8. The van der Waals surface area contributed by atoms with Crippen LogP contribution in [-0.2, 0) is 14.3 Å². The molecular formula is C28H25F3N4O5. The molecule has 0 saturated carbocycles. The van der Waals surface area contributed by atoms with Crippen LogP contribution in [0.15, 0.2) is 72.8 Å². The van der Waals surface area contributed by atoms with Crippen molar-refractivity contribution in [2.45, 2.75) is 6.18 Å². The molecule has 0 aliphatic carbocycles. The number of ether oxygens (including phenoxy) is 1. The number of morpholine rings is 1. The van der Waals surface area contributed by atoms with E-state index >= 15 is 0 Å². The van der Waals surface area contributed by atoms with E-state index in [2.05, 4.69) is 27.7 Å². The minimum atomic E-state index is -5.08. The van der Waals surface area contributed by atoms with Crippen LogP contribution in [0.5, 0.6) is 0 Å². The van der Waals surface area contributed by atoms with Gasteiger partial charge in [-0.3, -0.25) is 9.59 Å². The Labute approximate surface area is 227 Å². The van der Waals surface area contributed by atoms with Gasteiger partial charge in [-0.1, -0.05) is 36.4 Å². The Balaban J connectivity index is 0.000000470. The molecule has 5 rings (SSSR count). The Hall–Kier alpha value is -4.84. The summed E-state index contributed by atoms with van der Waals surface area (Å²) in [7, 11) is 0. The van der Waals surface area contributed by atoms with Gasteiger partial charge in [0.05, 0.1) is 24.5 Å². The van der Waals surface area contributed by atoms with Gasteiger partial charge in [0.1, 0.15) is 0 Å². The number of carboxylic acid groups (broad SMARTS) is 1. The molecule has 5 N–H and O–H groups in total. The highest BCUT2D eigenvalue weighted by Gasteiger charge is 2.38. The van der Waals surface area contributed by atoms with E-state index < -0.39 is 18.1 Å². The molecular weight excluding hydrogens is 529 g/mol. The standard InChI is InChI=1S/C26H24N4O3.C2HF3O2/c27-25(31)18-6-11-21-22(16-18)29-26(32)23(21)24(17-4-2-1-3-5-17)28-19-7-9-20(10-8-19)30-12-14-33-15-13-30;3-2(4,5)1(6)7/h1-11,16,28H,12-15H2,(H2,27,31)(H,29,32);(H,6,7). The predicted molar refractivity (Wildman–Crippen MR) is 144 cm³/mol. The Bertz CT molecular complexity index is 1430.